The Kier molecular flexibility index (Phi) is 4.74. The first kappa shape index (κ1) is 15.7. The molecule has 2 aromatic rings. The van der Waals surface area contributed by atoms with E-state index in [9.17, 15) is 4.79 Å². The number of nitrogens with one attached hydrogen (secondary N) is 2. The summed E-state index contributed by atoms with van der Waals surface area (Å²) in [6.07, 6.45) is 1.08. The number of benzene rings is 2. The molecule has 2 aromatic carbocycles. The van der Waals surface area contributed by atoms with Gasteiger partial charge in [0, 0.05) is 30.9 Å². The van der Waals surface area contributed by atoms with Gasteiger partial charge in [0.25, 0.3) is 5.91 Å². The second-order valence-corrected chi connectivity index (χ2v) is 6.16. The summed E-state index contributed by atoms with van der Waals surface area (Å²) in [7, 11) is 4.03. The second-order valence-electron chi connectivity index (χ2n) is 6.16. The molecule has 0 unspecified atom stereocenters. The molecule has 0 saturated carbocycles. The molecule has 120 valence electrons. The third-order valence-corrected chi connectivity index (χ3v) is 4.24. The van der Waals surface area contributed by atoms with E-state index in [0.29, 0.717) is 5.56 Å². The third-order valence-electron chi connectivity index (χ3n) is 4.24. The lowest BCUT2D eigenvalue weighted by atomic mass is 9.99. The van der Waals surface area contributed by atoms with Gasteiger partial charge in [-0.3, -0.25) is 4.79 Å². The van der Waals surface area contributed by atoms with Crippen LogP contribution < -0.4 is 10.6 Å². The maximum Gasteiger partial charge on any atom is 0.255 e. The zero-order chi connectivity index (χ0) is 16.2. The van der Waals surface area contributed by atoms with E-state index in [1.165, 1.54) is 11.1 Å². The Bertz CT molecular complexity index is 712. The number of rotatable bonds is 4. The van der Waals surface area contributed by atoms with Crippen LogP contribution in [0.3, 0.4) is 0 Å². The molecule has 0 radical (unpaired) electrons. The first-order chi connectivity index (χ1) is 11.2. The SMILES string of the molecule is CNCc1cccc(C(=O)Nc2ccc3c(c2)CN(C)CC3)c1. The summed E-state index contributed by atoms with van der Waals surface area (Å²) in [5, 5.41) is 6.12. The van der Waals surface area contributed by atoms with Gasteiger partial charge in [0.2, 0.25) is 0 Å². The molecule has 0 bridgehead atoms. The van der Waals surface area contributed by atoms with Crippen LogP contribution in [0.2, 0.25) is 0 Å². The molecule has 0 spiro atoms. The number of fused-ring (bicyclic) bond motifs is 1. The molecule has 1 heterocycles. The molecule has 3 rings (SSSR count). The number of carbonyl (C=O) groups is 1. The number of anilines is 1. The molecular formula is C19H23N3O. The summed E-state index contributed by atoms with van der Waals surface area (Å²) >= 11 is 0. The minimum Gasteiger partial charge on any atom is -0.322 e. The van der Waals surface area contributed by atoms with Crippen molar-refractivity contribution in [2.24, 2.45) is 0 Å². The van der Waals surface area contributed by atoms with Crippen LogP contribution >= 0.6 is 0 Å². The number of carbonyl (C=O) groups excluding carboxylic acids is 1. The third kappa shape index (κ3) is 3.78. The standard InChI is InChI=1S/C19H23N3O/c1-20-12-14-4-3-5-16(10-14)19(23)21-18-7-6-15-8-9-22(2)13-17(15)11-18/h3-7,10-11,20H,8-9,12-13H2,1-2H3,(H,21,23). The fourth-order valence-corrected chi connectivity index (χ4v) is 3.01. The van der Waals surface area contributed by atoms with Crippen LogP contribution in [0.4, 0.5) is 5.69 Å². The Labute approximate surface area is 137 Å². The summed E-state index contributed by atoms with van der Waals surface area (Å²) in [4.78, 5) is 14.8. The van der Waals surface area contributed by atoms with Crippen LogP contribution in [0, 0.1) is 0 Å². The Morgan fingerprint density at radius 2 is 2.04 bits per heavy atom. The molecule has 0 aliphatic carbocycles. The van der Waals surface area contributed by atoms with Crippen molar-refractivity contribution in [3.05, 3.63) is 64.7 Å². The predicted molar refractivity (Wildman–Crippen MR) is 93.6 cm³/mol. The van der Waals surface area contributed by atoms with Crippen LogP contribution in [-0.4, -0.2) is 31.4 Å². The molecule has 1 aliphatic heterocycles. The van der Waals surface area contributed by atoms with Crippen LogP contribution in [0.1, 0.15) is 27.0 Å². The van der Waals surface area contributed by atoms with Crippen LogP contribution in [0.25, 0.3) is 0 Å². The van der Waals surface area contributed by atoms with Crippen LogP contribution in [-0.2, 0) is 19.5 Å². The fraction of sp³-hybridized carbons (Fsp3) is 0.316. The number of hydrogen-bond acceptors (Lipinski definition) is 3. The monoisotopic (exact) mass is 309 g/mol. The summed E-state index contributed by atoms with van der Waals surface area (Å²) < 4.78 is 0. The molecule has 23 heavy (non-hydrogen) atoms. The lowest BCUT2D eigenvalue weighted by Crippen LogP contribution is -2.26. The molecule has 1 aliphatic rings. The molecule has 4 heteroatoms. The highest BCUT2D eigenvalue weighted by Gasteiger charge is 2.14. The smallest absolute Gasteiger partial charge is 0.255 e. The number of likely N-dealkylation sites (N-methyl/N-ethyl adjacent to an activating group) is 1. The minimum absolute atomic E-state index is 0.0629. The number of hydrogen-bond donors (Lipinski definition) is 2. The topological polar surface area (TPSA) is 44.4 Å². The van der Waals surface area contributed by atoms with Crippen molar-refractivity contribution in [2.75, 3.05) is 26.0 Å². The fourth-order valence-electron chi connectivity index (χ4n) is 3.01. The lowest BCUT2D eigenvalue weighted by molar-refractivity contribution is 0.102. The van der Waals surface area contributed by atoms with Gasteiger partial charge in [-0.1, -0.05) is 18.2 Å². The predicted octanol–water partition coefficient (Wildman–Crippen LogP) is 2.65. The van der Waals surface area contributed by atoms with Gasteiger partial charge in [-0.05, 0) is 61.5 Å². The summed E-state index contributed by atoms with van der Waals surface area (Å²) in [5.74, 6) is -0.0629. The van der Waals surface area contributed by atoms with Gasteiger partial charge in [0.05, 0.1) is 0 Å². The van der Waals surface area contributed by atoms with Crippen LogP contribution in [0.15, 0.2) is 42.5 Å². The average Bonchev–Trinajstić information content (AvgIpc) is 2.55. The van der Waals surface area contributed by atoms with E-state index in [2.05, 4.69) is 34.7 Å². The second kappa shape index (κ2) is 6.94. The number of amides is 1. The molecule has 4 nitrogen and oxygen atoms in total. The summed E-state index contributed by atoms with van der Waals surface area (Å²) in [5.41, 5.74) is 5.35. The van der Waals surface area contributed by atoms with Crippen molar-refractivity contribution in [2.45, 2.75) is 19.5 Å². The highest BCUT2D eigenvalue weighted by atomic mass is 16.1. The van der Waals surface area contributed by atoms with Crippen molar-refractivity contribution in [3.63, 3.8) is 0 Å². The zero-order valence-electron chi connectivity index (χ0n) is 13.7. The van der Waals surface area contributed by atoms with Crippen molar-refractivity contribution in [3.8, 4) is 0 Å². The normalized spacial score (nSPS) is 14.3. The Hall–Kier alpha value is -2.17. The quantitative estimate of drug-likeness (QED) is 0.912. The summed E-state index contributed by atoms with van der Waals surface area (Å²) in [6.45, 7) is 2.79. The van der Waals surface area contributed by atoms with E-state index in [1.807, 2.05) is 37.4 Å². The van der Waals surface area contributed by atoms with E-state index in [4.69, 9.17) is 0 Å². The van der Waals surface area contributed by atoms with Gasteiger partial charge in [0.1, 0.15) is 0 Å². The van der Waals surface area contributed by atoms with E-state index in [0.717, 1.165) is 37.3 Å². The van der Waals surface area contributed by atoms with Gasteiger partial charge >= 0.3 is 0 Å². The van der Waals surface area contributed by atoms with Gasteiger partial charge < -0.3 is 15.5 Å². The highest BCUT2D eigenvalue weighted by Crippen LogP contribution is 2.22. The van der Waals surface area contributed by atoms with Crippen molar-refractivity contribution in [1.29, 1.82) is 0 Å². The van der Waals surface area contributed by atoms with E-state index >= 15 is 0 Å². The van der Waals surface area contributed by atoms with E-state index in [1.54, 1.807) is 0 Å². The molecule has 0 saturated heterocycles. The van der Waals surface area contributed by atoms with Gasteiger partial charge in [0.15, 0.2) is 0 Å². The first-order valence-electron chi connectivity index (χ1n) is 8.01. The first-order valence-corrected chi connectivity index (χ1v) is 8.01. The Morgan fingerprint density at radius 3 is 2.87 bits per heavy atom. The maximum absolute atomic E-state index is 12.5. The van der Waals surface area contributed by atoms with Gasteiger partial charge in [-0.2, -0.15) is 0 Å². The summed E-state index contributed by atoms with van der Waals surface area (Å²) in [6, 6.07) is 13.9. The zero-order valence-corrected chi connectivity index (χ0v) is 13.7. The van der Waals surface area contributed by atoms with E-state index < -0.39 is 0 Å². The van der Waals surface area contributed by atoms with Gasteiger partial charge in [-0.25, -0.2) is 0 Å². The van der Waals surface area contributed by atoms with Crippen LogP contribution in [0.5, 0.6) is 0 Å². The molecule has 0 fully saturated rings. The molecule has 0 atom stereocenters. The van der Waals surface area contributed by atoms with Gasteiger partial charge in [-0.15, -0.1) is 0 Å². The molecule has 1 amide bonds. The van der Waals surface area contributed by atoms with Crippen molar-refractivity contribution in [1.82, 2.24) is 10.2 Å². The lowest BCUT2D eigenvalue weighted by Gasteiger charge is -2.25. The van der Waals surface area contributed by atoms with E-state index in [-0.39, 0.29) is 5.91 Å². The number of nitrogens with zero attached hydrogens (tertiary/aromatic N) is 1. The maximum atomic E-state index is 12.5. The molecule has 2 N–H and O–H groups in total. The Morgan fingerprint density at radius 1 is 1.17 bits per heavy atom. The minimum atomic E-state index is -0.0629. The molecular weight excluding hydrogens is 286 g/mol. The molecule has 0 aromatic heterocycles. The highest BCUT2D eigenvalue weighted by molar-refractivity contribution is 6.04. The largest absolute Gasteiger partial charge is 0.322 e. The van der Waals surface area contributed by atoms with Crippen molar-refractivity contribution >= 4 is 11.6 Å². The average molecular weight is 309 g/mol. The van der Waals surface area contributed by atoms with Crippen molar-refractivity contribution < 1.29 is 4.79 Å². The Balaban J connectivity index is 1.75.